The van der Waals surface area contributed by atoms with E-state index in [9.17, 15) is 0 Å². The number of hydrogen-bond acceptors (Lipinski definition) is 5. The second-order valence-electron chi connectivity index (χ2n) is 4.69. The number of nitrogens with zero attached hydrogens (tertiary/aromatic N) is 3. The zero-order valence-electron chi connectivity index (χ0n) is 10.4. The molecule has 0 aliphatic carbocycles. The Balaban J connectivity index is 1.74. The third kappa shape index (κ3) is 3.64. The van der Waals surface area contributed by atoms with Crippen molar-refractivity contribution in [1.82, 2.24) is 14.9 Å². The molecule has 0 saturated carbocycles. The largest absolute Gasteiger partial charge is 0.370 e. The van der Waals surface area contributed by atoms with Crippen molar-refractivity contribution in [2.75, 3.05) is 32.0 Å². The first kappa shape index (κ1) is 12.3. The maximum Gasteiger partial charge on any atom is 0.144 e. The Morgan fingerprint density at radius 1 is 1.59 bits per heavy atom. The molecular weight excluding hydrogens is 214 g/mol. The summed E-state index contributed by atoms with van der Waals surface area (Å²) < 4.78 is 0. The van der Waals surface area contributed by atoms with E-state index in [2.05, 4.69) is 27.2 Å². The average Bonchev–Trinajstić information content (AvgIpc) is 2.75. The molecule has 0 spiro atoms. The maximum atomic E-state index is 5.50. The molecule has 5 heteroatoms. The summed E-state index contributed by atoms with van der Waals surface area (Å²) >= 11 is 0. The molecule has 1 aliphatic rings. The number of aromatic nitrogens is 2. The Labute approximate surface area is 102 Å². The highest BCUT2D eigenvalue weighted by molar-refractivity contribution is 5.32. The van der Waals surface area contributed by atoms with E-state index in [1.165, 1.54) is 25.9 Å². The van der Waals surface area contributed by atoms with Gasteiger partial charge in [-0.1, -0.05) is 0 Å². The number of hydrogen-bond donors (Lipinski definition) is 2. The molecule has 1 unspecified atom stereocenters. The molecule has 0 aromatic carbocycles. The smallest absolute Gasteiger partial charge is 0.144 e. The van der Waals surface area contributed by atoms with Crippen LogP contribution in [0.25, 0.3) is 0 Å². The van der Waals surface area contributed by atoms with Crippen molar-refractivity contribution in [3.8, 4) is 0 Å². The molecule has 1 aromatic heterocycles. The molecular formula is C12H21N5. The summed E-state index contributed by atoms with van der Waals surface area (Å²) in [4.78, 5) is 10.8. The van der Waals surface area contributed by atoms with Gasteiger partial charge in [-0.3, -0.25) is 0 Å². The molecule has 17 heavy (non-hydrogen) atoms. The van der Waals surface area contributed by atoms with Crippen LogP contribution in [0, 0.1) is 5.92 Å². The molecule has 0 amide bonds. The van der Waals surface area contributed by atoms with Crippen LogP contribution in [0.5, 0.6) is 0 Å². The zero-order chi connectivity index (χ0) is 12.1. The van der Waals surface area contributed by atoms with Gasteiger partial charge in [0.25, 0.3) is 0 Å². The Morgan fingerprint density at radius 2 is 2.47 bits per heavy atom. The second kappa shape index (κ2) is 5.93. The lowest BCUT2D eigenvalue weighted by molar-refractivity contribution is 0.390. The van der Waals surface area contributed by atoms with Gasteiger partial charge in [0, 0.05) is 19.3 Å². The van der Waals surface area contributed by atoms with Crippen LogP contribution in [-0.4, -0.2) is 41.5 Å². The molecule has 1 fully saturated rings. The van der Waals surface area contributed by atoms with Crippen molar-refractivity contribution in [3.05, 3.63) is 18.1 Å². The van der Waals surface area contributed by atoms with Gasteiger partial charge in [0.15, 0.2) is 0 Å². The summed E-state index contributed by atoms with van der Waals surface area (Å²) in [6, 6.07) is 1.89. The van der Waals surface area contributed by atoms with Gasteiger partial charge in [0.1, 0.15) is 11.6 Å². The van der Waals surface area contributed by atoms with E-state index in [0.717, 1.165) is 18.3 Å². The Kier molecular flexibility index (Phi) is 4.28. The third-order valence-electron chi connectivity index (χ3n) is 3.24. The van der Waals surface area contributed by atoms with E-state index in [4.69, 9.17) is 5.73 Å². The summed E-state index contributed by atoms with van der Waals surface area (Å²) in [6.07, 6.45) is 4.27. The predicted molar refractivity (Wildman–Crippen MR) is 68.6 cm³/mol. The van der Waals surface area contributed by atoms with Crippen LogP contribution in [0.4, 0.5) is 5.82 Å². The molecule has 1 aromatic rings. The molecule has 1 saturated heterocycles. The van der Waals surface area contributed by atoms with Gasteiger partial charge in [-0.15, -0.1) is 0 Å². The lowest BCUT2D eigenvalue weighted by atomic mass is 10.1. The minimum atomic E-state index is 0.392. The summed E-state index contributed by atoms with van der Waals surface area (Å²) in [7, 11) is 2.19. The predicted octanol–water partition coefficient (Wildman–Crippen LogP) is 0.689. The summed E-state index contributed by atoms with van der Waals surface area (Å²) in [5, 5.41) is 3.34. The van der Waals surface area contributed by atoms with E-state index < -0.39 is 0 Å². The maximum absolute atomic E-state index is 5.50. The van der Waals surface area contributed by atoms with Gasteiger partial charge >= 0.3 is 0 Å². The molecule has 94 valence electrons. The van der Waals surface area contributed by atoms with Crippen molar-refractivity contribution in [1.29, 1.82) is 0 Å². The molecule has 0 radical (unpaired) electrons. The fourth-order valence-corrected chi connectivity index (χ4v) is 2.26. The van der Waals surface area contributed by atoms with Gasteiger partial charge in [-0.05, 0) is 38.4 Å². The molecule has 1 aliphatic heterocycles. The minimum absolute atomic E-state index is 0.392. The van der Waals surface area contributed by atoms with Gasteiger partial charge in [0.2, 0.25) is 0 Å². The highest BCUT2D eigenvalue weighted by Crippen LogP contribution is 2.17. The second-order valence-corrected chi connectivity index (χ2v) is 4.69. The van der Waals surface area contributed by atoms with Gasteiger partial charge in [-0.2, -0.15) is 0 Å². The van der Waals surface area contributed by atoms with Crippen LogP contribution in [0.1, 0.15) is 18.7 Å². The lowest BCUT2D eigenvalue weighted by Gasteiger charge is -2.11. The monoisotopic (exact) mass is 235 g/mol. The minimum Gasteiger partial charge on any atom is -0.370 e. The van der Waals surface area contributed by atoms with Gasteiger partial charge in [0.05, 0.1) is 6.54 Å². The quantitative estimate of drug-likeness (QED) is 0.786. The molecule has 3 N–H and O–H groups in total. The van der Waals surface area contributed by atoms with E-state index in [0.29, 0.717) is 12.4 Å². The molecule has 1 atom stereocenters. The van der Waals surface area contributed by atoms with Crippen LogP contribution in [0.2, 0.25) is 0 Å². The van der Waals surface area contributed by atoms with E-state index >= 15 is 0 Å². The fourth-order valence-electron chi connectivity index (χ4n) is 2.26. The first-order valence-electron chi connectivity index (χ1n) is 6.22. The molecule has 5 nitrogen and oxygen atoms in total. The van der Waals surface area contributed by atoms with Crippen LogP contribution >= 0.6 is 0 Å². The number of nitrogens with two attached hydrogens (primary N) is 1. The Hall–Kier alpha value is -1.20. The third-order valence-corrected chi connectivity index (χ3v) is 3.24. The zero-order valence-corrected chi connectivity index (χ0v) is 10.4. The van der Waals surface area contributed by atoms with E-state index in [1.807, 2.05) is 6.07 Å². The average molecular weight is 235 g/mol. The summed E-state index contributed by atoms with van der Waals surface area (Å²) in [6.45, 7) is 3.82. The summed E-state index contributed by atoms with van der Waals surface area (Å²) in [5.74, 6) is 2.39. The van der Waals surface area contributed by atoms with Crippen LogP contribution in [-0.2, 0) is 6.54 Å². The standard InChI is InChI=1S/C12H21N5/c1-17-7-4-10(9-17)2-5-14-11-3-6-15-12(8-13)16-11/h3,6,10H,2,4-5,7-9,13H2,1H3,(H,14,15,16). The van der Waals surface area contributed by atoms with Crippen molar-refractivity contribution in [2.45, 2.75) is 19.4 Å². The fraction of sp³-hybridized carbons (Fsp3) is 0.667. The van der Waals surface area contributed by atoms with E-state index in [-0.39, 0.29) is 0 Å². The Morgan fingerprint density at radius 3 is 3.18 bits per heavy atom. The Bertz CT molecular complexity index is 355. The van der Waals surface area contributed by atoms with Crippen molar-refractivity contribution >= 4 is 5.82 Å². The van der Waals surface area contributed by atoms with E-state index in [1.54, 1.807) is 6.20 Å². The van der Waals surface area contributed by atoms with Crippen molar-refractivity contribution in [3.63, 3.8) is 0 Å². The SMILES string of the molecule is CN1CCC(CCNc2ccnc(CN)n2)C1. The number of likely N-dealkylation sites (tertiary alicyclic amines) is 1. The topological polar surface area (TPSA) is 67.1 Å². The molecule has 2 rings (SSSR count). The lowest BCUT2D eigenvalue weighted by Crippen LogP contribution is -2.16. The number of rotatable bonds is 5. The number of nitrogens with one attached hydrogen (secondary N) is 1. The normalized spacial score (nSPS) is 20.7. The van der Waals surface area contributed by atoms with Crippen molar-refractivity contribution < 1.29 is 0 Å². The highest BCUT2D eigenvalue weighted by Gasteiger charge is 2.18. The van der Waals surface area contributed by atoms with Gasteiger partial charge in [-0.25, -0.2) is 9.97 Å². The van der Waals surface area contributed by atoms with Crippen LogP contribution in [0.3, 0.4) is 0 Å². The van der Waals surface area contributed by atoms with Crippen molar-refractivity contribution in [2.24, 2.45) is 11.7 Å². The first-order chi connectivity index (χ1) is 8.28. The first-order valence-corrected chi connectivity index (χ1v) is 6.22. The highest BCUT2D eigenvalue weighted by atomic mass is 15.1. The number of anilines is 1. The molecule has 0 bridgehead atoms. The molecule has 2 heterocycles. The van der Waals surface area contributed by atoms with Crippen LogP contribution < -0.4 is 11.1 Å². The summed E-state index contributed by atoms with van der Waals surface area (Å²) in [5.41, 5.74) is 5.50. The van der Waals surface area contributed by atoms with Gasteiger partial charge < -0.3 is 16.0 Å². The van der Waals surface area contributed by atoms with Crippen LogP contribution in [0.15, 0.2) is 12.3 Å².